The third-order valence-corrected chi connectivity index (χ3v) is 3.07. The van der Waals surface area contributed by atoms with Crippen LogP contribution in [-0.4, -0.2) is 45.8 Å². The van der Waals surface area contributed by atoms with Gasteiger partial charge in [-0.2, -0.15) is 0 Å². The van der Waals surface area contributed by atoms with Gasteiger partial charge in [0.1, 0.15) is 11.7 Å². The average Bonchev–Trinajstić information content (AvgIpc) is 2.37. The summed E-state index contributed by atoms with van der Waals surface area (Å²) in [6.07, 6.45) is 3.06. The van der Waals surface area contributed by atoms with E-state index >= 15 is 0 Å². The van der Waals surface area contributed by atoms with E-state index in [1.807, 2.05) is 33.8 Å². The molecule has 0 radical (unpaired) electrons. The number of likely N-dealkylation sites (tertiary alicyclic amines) is 1. The van der Waals surface area contributed by atoms with E-state index in [0.717, 1.165) is 18.5 Å². The van der Waals surface area contributed by atoms with Gasteiger partial charge in [-0.25, -0.2) is 14.8 Å². The zero-order chi connectivity index (χ0) is 15.5. The van der Waals surface area contributed by atoms with Crippen LogP contribution in [0.3, 0.4) is 0 Å². The van der Waals surface area contributed by atoms with Crippen LogP contribution in [-0.2, 0) is 4.74 Å². The summed E-state index contributed by atoms with van der Waals surface area (Å²) in [4.78, 5) is 22.1. The van der Waals surface area contributed by atoms with Crippen molar-refractivity contribution in [2.45, 2.75) is 52.2 Å². The molecule has 1 aromatic rings. The Morgan fingerprint density at radius 2 is 2.19 bits per heavy atom. The molecule has 0 bridgehead atoms. The van der Waals surface area contributed by atoms with Gasteiger partial charge in [0.25, 0.3) is 0 Å². The van der Waals surface area contributed by atoms with Crippen LogP contribution >= 0.6 is 0 Å². The van der Waals surface area contributed by atoms with Crippen molar-refractivity contribution in [3.63, 3.8) is 0 Å². The van der Waals surface area contributed by atoms with Crippen molar-refractivity contribution in [3.05, 3.63) is 18.0 Å². The number of carbonyl (C=O) groups excluding carboxylic acids is 1. The smallest absolute Gasteiger partial charge is 0.410 e. The van der Waals surface area contributed by atoms with E-state index in [9.17, 15) is 4.79 Å². The lowest BCUT2D eigenvalue weighted by Gasteiger charge is -2.33. The number of aromatic nitrogens is 2. The molecule has 0 aliphatic carbocycles. The van der Waals surface area contributed by atoms with Crippen molar-refractivity contribution in [2.75, 3.05) is 13.1 Å². The maximum Gasteiger partial charge on any atom is 0.410 e. The summed E-state index contributed by atoms with van der Waals surface area (Å²) < 4.78 is 11.2. The Hall–Kier alpha value is -1.85. The van der Waals surface area contributed by atoms with E-state index in [1.165, 1.54) is 0 Å². The van der Waals surface area contributed by atoms with E-state index in [4.69, 9.17) is 9.47 Å². The maximum absolute atomic E-state index is 12.1. The highest BCUT2D eigenvalue weighted by atomic mass is 16.6. The SMILES string of the molecule is Cc1ccnc(OC2CCCN(C(=O)OC(C)(C)C)C2)n1. The summed E-state index contributed by atoms with van der Waals surface area (Å²) in [5, 5.41) is 0. The third-order valence-electron chi connectivity index (χ3n) is 3.07. The van der Waals surface area contributed by atoms with Crippen LogP contribution in [0, 0.1) is 6.92 Å². The normalized spacial score (nSPS) is 19.2. The van der Waals surface area contributed by atoms with Crippen LogP contribution in [0.15, 0.2) is 12.3 Å². The van der Waals surface area contributed by atoms with Crippen molar-refractivity contribution in [2.24, 2.45) is 0 Å². The van der Waals surface area contributed by atoms with E-state index in [0.29, 0.717) is 19.1 Å². The van der Waals surface area contributed by atoms with E-state index in [1.54, 1.807) is 11.1 Å². The number of amides is 1. The number of aryl methyl sites for hydroxylation is 1. The van der Waals surface area contributed by atoms with Crippen LogP contribution in [0.5, 0.6) is 6.01 Å². The molecular formula is C15H23N3O3. The molecule has 2 rings (SSSR count). The van der Waals surface area contributed by atoms with E-state index in [2.05, 4.69) is 9.97 Å². The molecule has 0 aromatic carbocycles. The van der Waals surface area contributed by atoms with Gasteiger partial charge in [-0.05, 0) is 46.6 Å². The molecule has 1 amide bonds. The minimum absolute atomic E-state index is 0.0898. The van der Waals surface area contributed by atoms with Crippen molar-refractivity contribution in [1.29, 1.82) is 0 Å². The Balaban J connectivity index is 1.93. The lowest BCUT2D eigenvalue weighted by atomic mass is 10.1. The van der Waals surface area contributed by atoms with E-state index < -0.39 is 5.60 Å². The van der Waals surface area contributed by atoms with Gasteiger partial charge in [0.05, 0.1) is 6.54 Å². The lowest BCUT2D eigenvalue weighted by Crippen LogP contribution is -2.46. The predicted molar refractivity (Wildman–Crippen MR) is 78.2 cm³/mol. The van der Waals surface area contributed by atoms with Gasteiger partial charge in [0.15, 0.2) is 0 Å². The molecular weight excluding hydrogens is 270 g/mol. The molecule has 1 aliphatic heterocycles. The summed E-state index contributed by atoms with van der Waals surface area (Å²) in [5.74, 6) is 0. The Morgan fingerprint density at radius 1 is 1.43 bits per heavy atom. The fourth-order valence-electron chi connectivity index (χ4n) is 2.16. The number of ether oxygens (including phenoxy) is 2. The molecule has 6 nitrogen and oxygen atoms in total. The fourth-order valence-corrected chi connectivity index (χ4v) is 2.16. The first-order valence-electron chi connectivity index (χ1n) is 7.28. The third kappa shape index (κ3) is 4.88. The van der Waals surface area contributed by atoms with Crippen LogP contribution in [0.4, 0.5) is 4.79 Å². The molecule has 1 aromatic heterocycles. The Labute approximate surface area is 125 Å². The molecule has 1 fully saturated rings. The number of rotatable bonds is 2. The fraction of sp³-hybridized carbons (Fsp3) is 0.667. The minimum atomic E-state index is -0.482. The minimum Gasteiger partial charge on any atom is -0.458 e. The zero-order valence-electron chi connectivity index (χ0n) is 13.1. The Kier molecular flexibility index (Phi) is 4.65. The van der Waals surface area contributed by atoms with Gasteiger partial charge < -0.3 is 14.4 Å². The number of hydrogen-bond acceptors (Lipinski definition) is 5. The largest absolute Gasteiger partial charge is 0.458 e. The van der Waals surface area contributed by atoms with E-state index in [-0.39, 0.29) is 12.2 Å². The first kappa shape index (κ1) is 15.5. The zero-order valence-corrected chi connectivity index (χ0v) is 13.1. The second-order valence-corrected chi connectivity index (χ2v) is 6.29. The van der Waals surface area contributed by atoms with Gasteiger partial charge in [0.2, 0.25) is 0 Å². The molecule has 1 aliphatic rings. The molecule has 21 heavy (non-hydrogen) atoms. The molecule has 1 unspecified atom stereocenters. The summed E-state index contributed by atoms with van der Waals surface area (Å²) >= 11 is 0. The standard InChI is InChI=1S/C15H23N3O3/c1-11-7-8-16-13(17-11)20-12-6-5-9-18(10-12)14(19)21-15(2,3)4/h7-8,12H,5-6,9-10H2,1-4H3. The maximum atomic E-state index is 12.1. The van der Waals surface area contributed by atoms with Gasteiger partial charge >= 0.3 is 12.1 Å². The number of hydrogen-bond donors (Lipinski definition) is 0. The summed E-state index contributed by atoms with van der Waals surface area (Å²) in [6, 6.07) is 2.19. The van der Waals surface area contributed by atoms with Crippen molar-refractivity contribution >= 4 is 6.09 Å². The molecule has 1 saturated heterocycles. The number of piperidine rings is 1. The molecule has 1 atom stereocenters. The first-order valence-corrected chi connectivity index (χ1v) is 7.28. The molecule has 2 heterocycles. The van der Waals surface area contributed by atoms with Crippen molar-refractivity contribution < 1.29 is 14.3 Å². The lowest BCUT2D eigenvalue weighted by molar-refractivity contribution is 0.00658. The van der Waals surface area contributed by atoms with Gasteiger partial charge in [-0.3, -0.25) is 0 Å². The molecule has 116 valence electrons. The highest BCUT2D eigenvalue weighted by Crippen LogP contribution is 2.18. The van der Waals surface area contributed by atoms with Crippen LogP contribution in [0.1, 0.15) is 39.3 Å². The summed E-state index contributed by atoms with van der Waals surface area (Å²) in [7, 11) is 0. The van der Waals surface area contributed by atoms with Gasteiger partial charge in [-0.1, -0.05) is 0 Å². The topological polar surface area (TPSA) is 64.5 Å². The first-order chi connectivity index (χ1) is 9.83. The average molecular weight is 293 g/mol. The Bertz CT molecular complexity index is 499. The highest BCUT2D eigenvalue weighted by molar-refractivity contribution is 5.68. The number of carbonyl (C=O) groups is 1. The highest BCUT2D eigenvalue weighted by Gasteiger charge is 2.28. The molecule has 0 saturated carbocycles. The van der Waals surface area contributed by atoms with Crippen LogP contribution in [0.25, 0.3) is 0 Å². The predicted octanol–water partition coefficient (Wildman–Crippen LogP) is 2.56. The quantitative estimate of drug-likeness (QED) is 0.838. The van der Waals surface area contributed by atoms with Crippen molar-refractivity contribution in [3.8, 4) is 6.01 Å². The number of nitrogens with zero attached hydrogens (tertiary/aromatic N) is 3. The van der Waals surface area contributed by atoms with Crippen molar-refractivity contribution in [1.82, 2.24) is 14.9 Å². The van der Waals surface area contributed by atoms with Gasteiger partial charge in [0, 0.05) is 18.4 Å². The molecule has 0 spiro atoms. The summed E-state index contributed by atoms with van der Waals surface area (Å²) in [6.45, 7) is 8.69. The van der Waals surface area contributed by atoms with Gasteiger partial charge in [-0.15, -0.1) is 0 Å². The molecule has 0 N–H and O–H groups in total. The Morgan fingerprint density at radius 3 is 2.86 bits per heavy atom. The second kappa shape index (κ2) is 6.28. The second-order valence-electron chi connectivity index (χ2n) is 6.29. The van der Waals surface area contributed by atoms with Crippen LogP contribution in [0.2, 0.25) is 0 Å². The monoisotopic (exact) mass is 293 g/mol. The van der Waals surface area contributed by atoms with Crippen LogP contribution < -0.4 is 4.74 Å². The summed E-state index contributed by atoms with van der Waals surface area (Å²) in [5.41, 5.74) is 0.379. The molecule has 6 heteroatoms.